The molecule has 1 N–H and O–H groups in total. The third kappa shape index (κ3) is 2.38. The lowest BCUT2D eigenvalue weighted by molar-refractivity contribution is 0.584. The van der Waals surface area contributed by atoms with Crippen LogP contribution >= 0.6 is 22.7 Å². The van der Waals surface area contributed by atoms with Crippen molar-refractivity contribution >= 4 is 39.8 Å². The van der Waals surface area contributed by atoms with Gasteiger partial charge in [-0.05, 0) is 41.9 Å². The first-order valence-electron chi connectivity index (χ1n) is 7.27. The number of benzene rings is 1. The van der Waals surface area contributed by atoms with Crippen molar-refractivity contribution in [2.24, 2.45) is 4.99 Å². The van der Waals surface area contributed by atoms with E-state index in [1.807, 2.05) is 6.07 Å². The number of thiophene rings is 2. The lowest BCUT2D eigenvalue weighted by atomic mass is 9.92. The van der Waals surface area contributed by atoms with Crippen LogP contribution in [0.25, 0.3) is 0 Å². The number of para-hydroxylation sites is 2. The second kappa shape index (κ2) is 5.38. The minimum Gasteiger partial charge on any atom is -0.373 e. The van der Waals surface area contributed by atoms with E-state index in [9.17, 15) is 0 Å². The standard InChI is InChI=1S/C18H16N2S2/c1-18(17-9-5-11-22-17)12-15(16-8-4-10-21-16)19-13-6-2-3-7-14(13)20-18/h2-11,20H,12H2,1H3/t18-/m1/s1. The van der Waals surface area contributed by atoms with E-state index >= 15 is 0 Å². The summed E-state index contributed by atoms with van der Waals surface area (Å²) < 4.78 is 0. The molecule has 0 aliphatic carbocycles. The van der Waals surface area contributed by atoms with E-state index in [0.717, 1.165) is 23.5 Å². The molecule has 1 aliphatic rings. The molecule has 0 saturated carbocycles. The number of hydrogen-bond donors (Lipinski definition) is 1. The molecule has 4 rings (SSSR count). The molecule has 110 valence electrons. The molecule has 0 saturated heterocycles. The van der Waals surface area contributed by atoms with Crippen molar-refractivity contribution < 1.29 is 0 Å². The predicted octanol–water partition coefficient (Wildman–Crippen LogP) is 5.66. The molecule has 3 heterocycles. The summed E-state index contributed by atoms with van der Waals surface area (Å²) in [5.74, 6) is 0. The van der Waals surface area contributed by atoms with E-state index < -0.39 is 0 Å². The van der Waals surface area contributed by atoms with Gasteiger partial charge in [0.15, 0.2) is 0 Å². The smallest absolute Gasteiger partial charge is 0.0865 e. The van der Waals surface area contributed by atoms with Crippen LogP contribution < -0.4 is 5.32 Å². The van der Waals surface area contributed by atoms with Gasteiger partial charge in [0.25, 0.3) is 0 Å². The van der Waals surface area contributed by atoms with Crippen molar-refractivity contribution in [2.45, 2.75) is 18.9 Å². The van der Waals surface area contributed by atoms with Crippen LogP contribution in [0.3, 0.4) is 0 Å². The highest BCUT2D eigenvalue weighted by atomic mass is 32.1. The Morgan fingerprint density at radius 2 is 1.82 bits per heavy atom. The van der Waals surface area contributed by atoms with Gasteiger partial charge in [0.1, 0.15) is 0 Å². The average Bonchev–Trinajstić information content (AvgIpc) is 3.20. The van der Waals surface area contributed by atoms with Gasteiger partial charge in [0.05, 0.1) is 22.6 Å². The van der Waals surface area contributed by atoms with Crippen LogP contribution in [0.15, 0.2) is 64.3 Å². The Balaban J connectivity index is 1.87. The number of rotatable bonds is 2. The number of hydrogen-bond acceptors (Lipinski definition) is 4. The fraction of sp³-hybridized carbons (Fsp3) is 0.167. The first-order chi connectivity index (χ1) is 10.7. The van der Waals surface area contributed by atoms with E-state index in [-0.39, 0.29) is 5.54 Å². The summed E-state index contributed by atoms with van der Waals surface area (Å²) in [4.78, 5) is 7.55. The zero-order valence-electron chi connectivity index (χ0n) is 12.2. The molecule has 2 aromatic heterocycles. The zero-order valence-corrected chi connectivity index (χ0v) is 13.9. The van der Waals surface area contributed by atoms with Crippen molar-refractivity contribution in [2.75, 3.05) is 5.32 Å². The van der Waals surface area contributed by atoms with Crippen molar-refractivity contribution in [1.82, 2.24) is 0 Å². The maximum absolute atomic E-state index is 4.96. The Morgan fingerprint density at radius 3 is 2.59 bits per heavy atom. The zero-order chi connectivity index (χ0) is 15.0. The molecule has 0 fully saturated rings. The van der Waals surface area contributed by atoms with Gasteiger partial charge < -0.3 is 5.32 Å². The summed E-state index contributed by atoms with van der Waals surface area (Å²) in [6.07, 6.45) is 0.878. The first kappa shape index (κ1) is 13.7. The minimum absolute atomic E-state index is 0.135. The summed E-state index contributed by atoms with van der Waals surface area (Å²) in [5.41, 5.74) is 3.14. The molecule has 1 aromatic carbocycles. The van der Waals surface area contributed by atoms with Crippen LogP contribution in [0.4, 0.5) is 11.4 Å². The SMILES string of the molecule is C[C@]1(c2cccs2)CC(c2cccs2)=Nc2ccccc2N1. The van der Waals surface area contributed by atoms with Crippen LogP contribution in [0.1, 0.15) is 23.1 Å². The van der Waals surface area contributed by atoms with Gasteiger partial charge in [-0.15, -0.1) is 22.7 Å². The van der Waals surface area contributed by atoms with E-state index in [2.05, 4.69) is 65.5 Å². The second-order valence-corrected chi connectivity index (χ2v) is 7.56. The van der Waals surface area contributed by atoms with Crippen molar-refractivity contribution in [3.63, 3.8) is 0 Å². The van der Waals surface area contributed by atoms with Gasteiger partial charge in [0, 0.05) is 16.2 Å². The molecule has 0 unspecified atom stereocenters. The Bertz CT molecular complexity index is 804. The molecular formula is C18H16N2S2. The number of aliphatic imine (C=N–C) groups is 1. The van der Waals surface area contributed by atoms with Crippen LogP contribution in [0.5, 0.6) is 0 Å². The molecule has 0 amide bonds. The lowest BCUT2D eigenvalue weighted by Crippen LogP contribution is -2.32. The summed E-state index contributed by atoms with van der Waals surface area (Å²) in [6, 6.07) is 16.9. The fourth-order valence-corrected chi connectivity index (χ4v) is 4.42. The minimum atomic E-state index is -0.135. The molecule has 0 spiro atoms. The number of fused-ring (bicyclic) bond motifs is 1. The van der Waals surface area contributed by atoms with Crippen LogP contribution in [0, 0.1) is 0 Å². The molecule has 2 nitrogen and oxygen atoms in total. The summed E-state index contributed by atoms with van der Waals surface area (Å²) in [5, 5.41) is 7.99. The third-order valence-corrected chi connectivity index (χ3v) is 6.01. The molecule has 3 aromatic rings. The maximum Gasteiger partial charge on any atom is 0.0865 e. The topological polar surface area (TPSA) is 24.4 Å². The van der Waals surface area contributed by atoms with Gasteiger partial charge in [-0.1, -0.05) is 24.3 Å². The van der Waals surface area contributed by atoms with Crippen molar-refractivity contribution in [3.05, 3.63) is 69.0 Å². The van der Waals surface area contributed by atoms with Crippen LogP contribution in [-0.2, 0) is 5.54 Å². The summed E-state index contributed by atoms with van der Waals surface area (Å²) in [6.45, 7) is 2.27. The third-order valence-electron chi connectivity index (χ3n) is 3.96. The van der Waals surface area contributed by atoms with Crippen molar-refractivity contribution in [3.8, 4) is 0 Å². The van der Waals surface area contributed by atoms with E-state index in [1.54, 1.807) is 22.7 Å². The van der Waals surface area contributed by atoms with Crippen molar-refractivity contribution in [1.29, 1.82) is 0 Å². The van der Waals surface area contributed by atoms with Gasteiger partial charge in [0.2, 0.25) is 0 Å². The van der Waals surface area contributed by atoms with Gasteiger partial charge in [-0.3, -0.25) is 0 Å². The van der Waals surface area contributed by atoms with Crippen LogP contribution in [-0.4, -0.2) is 5.71 Å². The van der Waals surface area contributed by atoms with E-state index in [0.29, 0.717) is 0 Å². The van der Waals surface area contributed by atoms with Gasteiger partial charge >= 0.3 is 0 Å². The number of nitrogens with one attached hydrogen (secondary N) is 1. The molecule has 0 radical (unpaired) electrons. The number of nitrogens with zero attached hydrogens (tertiary/aromatic N) is 1. The van der Waals surface area contributed by atoms with Gasteiger partial charge in [-0.2, -0.15) is 0 Å². The Labute approximate surface area is 138 Å². The van der Waals surface area contributed by atoms with E-state index in [4.69, 9.17) is 4.99 Å². The first-order valence-corrected chi connectivity index (χ1v) is 9.03. The molecule has 1 aliphatic heterocycles. The molecule has 1 atom stereocenters. The molecule has 0 bridgehead atoms. The summed E-state index contributed by atoms with van der Waals surface area (Å²) in [7, 11) is 0. The Hall–Kier alpha value is -1.91. The lowest BCUT2D eigenvalue weighted by Gasteiger charge is -2.30. The highest BCUT2D eigenvalue weighted by Gasteiger charge is 2.33. The molecule has 4 heteroatoms. The number of anilines is 1. The highest BCUT2D eigenvalue weighted by molar-refractivity contribution is 7.12. The van der Waals surface area contributed by atoms with Crippen LogP contribution in [0.2, 0.25) is 0 Å². The average molecular weight is 324 g/mol. The second-order valence-electron chi connectivity index (χ2n) is 5.66. The summed E-state index contributed by atoms with van der Waals surface area (Å²) >= 11 is 3.55. The monoisotopic (exact) mass is 324 g/mol. The predicted molar refractivity (Wildman–Crippen MR) is 96.9 cm³/mol. The normalized spacial score (nSPS) is 20.7. The van der Waals surface area contributed by atoms with Gasteiger partial charge in [-0.25, -0.2) is 4.99 Å². The quantitative estimate of drug-likeness (QED) is 0.646. The maximum atomic E-state index is 4.96. The molecular weight excluding hydrogens is 308 g/mol. The highest BCUT2D eigenvalue weighted by Crippen LogP contribution is 2.40. The van der Waals surface area contributed by atoms with E-state index in [1.165, 1.54) is 9.75 Å². The molecule has 22 heavy (non-hydrogen) atoms. The fourth-order valence-electron chi connectivity index (χ4n) is 2.86. The Kier molecular flexibility index (Phi) is 3.36. The Morgan fingerprint density at radius 1 is 1.00 bits per heavy atom. The largest absolute Gasteiger partial charge is 0.373 e.